The summed E-state index contributed by atoms with van der Waals surface area (Å²) >= 11 is 1.86. The van der Waals surface area contributed by atoms with Crippen molar-refractivity contribution in [1.29, 1.82) is 0 Å². The van der Waals surface area contributed by atoms with Gasteiger partial charge in [-0.2, -0.15) is 5.10 Å². The van der Waals surface area contributed by atoms with Gasteiger partial charge in [0.1, 0.15) is 0 Å². The summed E-state index contributed by atoms with van der Waals surface area (Å²) in [5, 5.41) is 7.46. The van der Waals surface area contributed by atoms with Gasteiger partial charge in [-0.05, 0) is 38.3 Å². The number of likely N-dealkylation sites (tertiary alicyclic amines) is 1. The van der Waals surface area contributed by atoms with Crippen molar-refractivity contribution >= 4 is 17.2 Å². The van der Waals surface area contributed by atoms with Crippen molar-refractivity contribution in [1.82, 2.24) is 20.0 Å². The quantitative estimate of drug-likeness (QED) is 0.941. The molecule has 4 heterocycles. The van der Waals surface area contributed by atoms with Crippen LogP contribution >= 0.6 is 11.3 Å². The molecular formula is C17H22N4OS. The molecular weight excluding hydrogens is 308 g/mol. The van der Waals surface area contributed by atoms with Gasteiger partial charge in [0.15, 0.2) is 5.69 Å². The van der Waals surface area contributed by atoms with Crippen LogP contribution in [-0.2, 0) is 19.5 Å². The number of aryl methyl sites for hydroxylation is 1. The Morgan fingerprint density at radius 3 is 2.87 bits per heavy atom. The highest BCUT2D eigenvalue weighted by molar-refractivity contribution is 7.11. The zero-order valence-electron chi connectivity index (χ0n) is 13.5. The lowest BCUT2D eigenvalue weighted by atomic mass is 10.0. The van der Waals surface area contributed by atoms with Gasteiger partial charge in [0.25, 0.3) is 5.91 Å². The number of amides is 1. The highest BCUT2D eigenvalue weighted by Gasteiger charge is 2.29. The SMILES string of the molecule is Cc1ccc(CN2CCc3c(C(=O)N4CCCC4)n[nH]c3C2)s1. The molecule has 0 aliphatic carbocycles. The molecule has 0 saturated carbocycles. The standard InChI is InChI=1S/C17H22N4OS/c1-12-4-5-13(23-12)10-20-9-6-14-15(11-20)18-19-16(14)17(22)21-7-2-3-8-21/h4-5H,2-3,6-11H2,1H3,(H,18,19). The molecule has 0 unspecified atom stereocenters. The number of hydrogen-bond donors (Lipinski definition) is 1. The molecule has 2 aliphatic heterocycles. The topological polar surface area (TPSA) is 52.2 Å². The van der Waals surface area contributed by atoms with E-state index in [1.54, 1.807) is 0 Å². The zero-order chi connectivity index (χ0) is 15.8. The number of aromatic amines is 1. The maximum Gasteiger partial charge on any atom is 0.274 e. The number of fused-ring (bicyclic) bond motifs is 1. The van der Waals surface area contributed by atoms with Crippen LogP contribution in [0.25, 0.3) is 0 Å². The molecule has 1 saturated heterocycles. The van der Waals surface area contributed by atoms with Crippen LogP contribution in [0.1, 0.15) is 44.3 Å². The van der Waals surface area contributed by atoms with Crippen molar-refractivity contribution in [3.05, 3.63) is 38.8 Å². The molecule has 0 radical (unpaired) electrons. The average molecular weight is 330 g/mol. The largest absolute Gasteiger partial charge is 0.337 e. The van der Waals surface area contributed by atoms with E-state index in [9.17, 15) is 4.79 Å². The van der Waals surface area contributed by atoms with E-state index < -0.39 is 0 Å². The Kier molecular flexibility index (Phi) is 3.95. The Labute approximate surface area is 140 Å². The molecule has 23 heavy (non-hydrogen) atoms. The first kappa shape index (κ1) is 14.9. The molecule has 0 spiro atoms. The third-order valence-electron chi connectivity index (χ3n) is 4.78. The molecule has 2 aromatic heterocycles. The first-order valence-electron chi connectivity index (χ1n) is 8.34. The van der Waals surface area contributed by atoms with Crippen molar-refractivity contribution in [3.63, 3.8) is 0 Å². The number of aromatic nitrogens is 2. The van der Waals surface area contributed by atoms with E-state index in [1.165, 1.54) is 9.75 Å². The lowest BCUT2D eigenvalue weighted by molar-refractivity contribution is 0.0785. The van der Waals surface area contributed by atoms with E-state index in [0.29, 0.717) is 5.69 Å². The number of H-pyrrole nitrogens is 1. The van der Waals surface area contributed by atoms with Crippen LogP contribution in [0.4, 0.5) is 0 Å². The normalized spacial score (nSPS) is 18.4. The van der Waals surface area contributed by atoms with Crippen molar-refractivity contribution in [2.45, 2.75) is 39.3 Å². The average Bonchev–Trinajstić information content (AvgIpc) is 3.27. The first-order chi connectivity index (χ1) is 11.2. The molecule has 0 atom stereocenters. The summed E-state index contributed by atoms with van der Waals surface area (Å²) in [6, 6.07) is 4.39. The van der Waals surface area contributed by atoms with Crippen LogP contribution in [0.3, 0.4) is 0 Å². The van der Waals surface area contributed by atoms with Gasteiger partial charge in [-0.1, -0.05) is 0 Å². The third-order valence-corrected chi connectivity index (χ3v) is 5.77. The lowest BCUT2D eigenvalue weighted by Crippen LogP contribution is -2.32. The van der Waals surface area contributed by atoms with Gasteiger partial charge in [-0.3, -0.25) is 14.8 Å². The Bertz CT molecular complexity index is 714. The maximum atomic E-state index is 12.6. The fourth-order valence-corrected chi connectivity index (χ4v) is 4.48. The zero-order valence-corrected chi connectivity index (χ0v) is 14.3. The molecule has 1 amide bonds. The van der Waals surface area contributed by atoms with Crippen LogP contribution in [0.5, 0.6) is 0 Å². The third kappa shape index (κ3) is 2.93. The molecule has 4 rings (SSSR count). The molecule has 2 aromatic rings. The fraction of sp³-hybridized carbons (Fsp3) is 0.529. The Balaban J connectivity index is 1.47. The van der Waals surface area contributed by atoms with Gasteiger partial charge in [-0.25, -0.2) is 0 Å². The number of hydrogen-bond acceptors (Lipinski definition) is 4. The van der Waals surface area contributed by atoms with Crippen LogP contribution in [0.15, 0.2) is 12.1 Å². The van der Waals surface area contributed by atoms with Crippen molar-refractivity contribution < 1.29 is 4.79 Å². The predicted octanol–water partition coefficient (Wildman–Crippen LogP) is 2.57. The van der Waals surface area contributed by atoms with E-state index in [-0.39, 0.29) is 5.91 Å². The van der Waals surface area contributed by atoms with Crippen molar-refractivity contribution in [2.24, 2.45) is 0 Å². The summed E-state index contributed by atoms with van der Waals surface area (Å²) in [6.07, 6.45) is 3.14. The van der Waals surface area contributed by atoms with Gasteiger partial charge in [0.05, 0.1) is 5.69 Å². The van der Waals surface area contributed by atoms with E-state index in [2.05, 4.69) is 34.2 Å². The van der Waals surface area contributed by atoms with Gasteiger partial charge in [0.2, 0.25) is 0 Å². The van der Waals surface area contributed by atoms with Crippen molar-refractivity contribution in [2.75, 3.05) is 19.6 Å². The summed E-state index contributed by atoms with van der Waals surface area (Å²) < 4.78 is 0. The minimum absolute atomic E-state index is 0.113. The number of nitrogens with one attached hydrogen (secondary N) is 1. The first-order valence-corrected chi connectivity index (χ1v) is 9.15. The summed E-state index contributed by atoms with van der Waals surface area (Å²) in [5.74, 6) is 0.113. The highest BCUT2D eigenvalue weighted by atomic mass is 32.1. The predicted molar refractivity (Wildman–Crippen MR) is 90.6 cm³/mol. The molecule has 6 heteroatoms. The molecule has 0 bridgehead atoms. The van der Waals surface area contributed by atoms with Gasteiger partial charge >= 0.3 is 0 Å². The van der Waals surface area contributed by atoms with E-state index in [4.69, 9.17) is 0 Å². The van der Waals surface area contributed by atoms with Gasteiger partial charge < -0.3 is 4.90 Å². The second-order valence-corrected chi connectivity index (χ2v) is 7.87. The number of carbonyl (C=O) groups is 1. The van der Waals surface area contributed by atoms with Gasteiger partial charge in [0, 0.05) is 48.0 Å². The second kappa shape index (κ2) is 6.09. The number of rotatable bonds is 3. The van der Waals surface area contributed by atoms with E-state index in [0.717, 1.165) is 63.2 Å². The highest BCUT2D eigenvalue weighted by Crippen LogP contribution is 2.25. The number of nitrogens with zero attached hydrogens (tertiary/aromatic N) is 3. The lowest BCUT2D eigenvalue weighted by Gasteiger charge is -2.26. The number of thiophene rings is 1. The van der Waals surface area contributed by atoms with Gasteiger partial charge in [-0.15, -0.1) is 11.3 Å². The smallest absolute Gasteiger partial charge is 0.274 e. The van der Waals surface area contributed by atoms with Crippen LogP contribution < -0.4 is 0 Å². The monoisotopic (exact) mass is 330 g/mol. The van der Waals surface area contributed by atoms with E-state index in [1.807, 2.05) is 16.2 Å². The minimum atomic E-state index is 0.113. The summed E-state index contributed by atoms with van der Waals surface area (Å²) in [7, 11) is 0. The van der Waals surface area contributed by atoms with Crippen LogP contribution in [0, 0.1) is 6.92 Å². The Morgan fingerprint density at radius 1 is 1.30 bits per heavy atom. The summed E-state index contributed by atoms with van der Waals surface area (Å²) in [5.41, 5.74) is 2.92. The maximum absolute atomic E-state index is 12.6. The fourth-order valence-electron chi connectivity index (χ4n) is 3.55. The Morgan fingerprint density at radius 2 is 2.13 bits per heavy atom. The van der Waals surface area contributed by atoms with Crippen LogP contribution in [0.2, 0.25) is 0 Å². The Hall–Kier alpha value is -1.66. The molecule has 0 aromatic carbocycles. The number of carbonyl (C=O) groups excluding carboxylic acids is 1. The molecule has 1 fully saturated rings. The molecule has 1 N–H and O–H groups in total. The molecule has 5 nitrogen and oxygen atoms in total. The van der Waals surface area contributed by atoms with Crippen LogP contribution in [-0.4, -0.2) is 45.5 Å². The second-order valence-electron chi connectivity index (χ2n) is 6.50. The minimum Gasteiger partial charge on any atom is -0.337 e. The van der Waals surface area contributed by atoms with Crippen molar-refractivity contribution in [3.8, 4) is 0 Å². The summed E-state index contributed by atoms with van der Waals surface area (Å²) in [4.78, 5) is 19.7. The molecule has 2 aliphatic rings. The molecule has 122 valence electrons. The summed E-state index contributed by atoms with van der Waals surface area (Å²) in [6.45, 7) is 6.73. The van der Waals surface area contributed by atoms with E-state index >= 15 is 0 Å².